The highest BCUT2D eigenvalue weighted by molar-refractivity contribution is 5.98. The van der Waals surface area contributed by atoms with Gasteiger partial charge in [-0.2, -0.15) is 0 Å². The number of hydrogen-bond acceptors (Lipinski definition) is 4. The van der Waals surface area contributed by atoms with Gasteiger partial charge in [-0.1, -0.05) is 48.5 Å². The standard InChI is InChI=1S/C24H23NO5/c26-22(27)16-30-21-8-4-3-7-20(21)24(29)11-13-25(14-12-24)23(28)19-10-9-17-5-1-2-6-18(17)15-19/h1-10,15,29H,11-14,16H2,(H,26,27). The minimum absolute atomic E-state index is 0.0572. The van der Waals surface area contributed by atoms with Gasteiger partial charge in [0, 0.05) is 24.2 Å². The predicted molar refractivity (Wildman–Crippen MR) is 113 cm³/mol. The maximum atomic E-state index is 13.0. The first-order valence-corrected chi connectivity index (χ1v) is 9.91. The normalized spacial score (nSPS) is 15.7. The van der Waals surface area contributed by atoms with Crippen molar-refractivity contribution in [2.24, 2.45) is 0 Å². The monoisotopic (exact) mass is 405 g/mol. The van der Waals surface area contributed by atoms with Crippen molar-refractivity contribution in [2.45, 2.75) is 18.4 Å². The van der Waals surface area contributed by atoms with Crippen molar-refractivity contribution in [2.75, 3.05) is 19.7 Å². The van der Waals surface area contributed by atoms with E-state index in [-0.39, 0.29) is 5.91 Å². The van der Waals surface area contributed by atoms with Gasteiger partial charge in [-0.3, -0.25) is 4.79 Å². The molecule has 0 radical (unpaired) electrons. The van der Waals surface area contributed by atoms with Crippen molar-refractivity contribution in [1.29, 1.82) is 0 Å². The number of benzene rings is 3. The molecule has 2 N–H and O–H groups in total. The van der Waals surface area contributed by atoms with Gasteiger partial charge in [-0.05, 0) is 41.8 Å². The van der Waals surface area contributed by atoms with E-state index in [1.807, 2.05) is 42.5 Å². The number of amides is 1. The van der Waals surface area contributed by atoms with Crippen molar-refractivity contribution in [3.05, 3.63) is 77.9 Å². The Labute approximate surface area is 174 Å². The number of rotatable bonds is 5. The zero-order valence-corrected chi connectivity index (χ0v) is 16.5. The average molecular weight is 405 g/mol. The number of ether oxygens (including phenoxy) is 1. The Hall–Kier alpha value is -3.38. The summed E-state index contributed by atoms with van der Waals surface area (Å²) in [6, 6.07) is 20.5. The quantitative estimate of drug-likeness (QED) is 0.679. The van der Waals surface area contributed by atoms with Crippen LogP contribution >= 0.6 is 0 Å². The third kappa shape index (κ3) is 4.00. The first-order valence-electron chi connectivity index (χ1n) is 9.91. The second-order valence-electron chi connectivity index (χ2n) is 7.56. The van der Waals surface area contributed by atoms with E-state index in [0.29, 0.717) is 42.8 Å². The lowest BCUT2D eigenvalue weighted by molar-refractivity contribution is -0.139. The third-order valence-corrected chi connectivity index (χ3v) is 5.61. The molecule has 0 aromatic heterocycles. The van der Waals surface area contributed by atoms with E-state index in [9.17, 15) is 14.7 Å². The number of hydrogen-bond donors (Lipinski definition) is 2. The Balaban J connectivity index is 1.49. The van der Waals surface area contributed by atoms with Crippen LogP contribution in [0.15, 0.2) is 66.7 Å². The Morgan fingerprint density at radius 1 is 0.933 bits per heavy atom. The number of aliphatic hydroxyl groups is 1. The summed E-state index contributed by atoms with van der Waals surface area (Å²) in [6.45, 7) is 0.324. The van der Waals surface area contributed by atoms with E-state index in [0.717, 1.165) is 10.8 Å². The summed E-state index contributed by atoms with van der Waals surface area (Å²) >= 11 is 0. The van der Waals surface area contributed by atoms with Crippen LogP contribution in [-0.4, -0.2) is 46.7 Å². The average Bonchev–Trinajstić information content (AvgIpc) is 2.77. The maximum Gasteiger partial charge on any atom is 0.341 e. The summed E-state index contributed by atoms with van der Waals surface area (Å²) in [5, 5.41) is 22.2. The summed E-state index contributed by atoms with van der Waals surface area (Å²) < 4.78 is 5.36. The molecule has 0 spiro atoms. The largest absolute Gasteiger partial charge is 0.482 e. The smallest absolute Gasteiger partial charge is 0.341 e. The summed E-state index contributed by atoms with van der Waals surface area (Å²) in [4.78, 5) is 25.6. The number of para-hydroxylation sites is 1. The van der Waals surface area contributed by atoms with Crippen molar-refractivity contribution >= 4 is 22.6 Å². The molecule has 1 fully saturated rings. The summed E-state index contributed by atoms with van der Waals surface area (Å²) in [5.74, 6) is -0.775. The molecule has 1 aliphatic heterocycles. The molecule has 0 unspecified atom stereocenters. The molecule has 0 bridgehead atoms. The van der Waals surface area contributed by atoms with E-state index >= 15 is 0 Å². The highest BCUT2D eigenvalue weighted by Gasteiger charge is 2.37. The van der Waals surface area contributed by atoms with Crippen LogP contribution in [0, 0.1) is 0 Å². The van der Waals surface area contributed by atoms with Gasteiger partial charge in [-0.15, -0.1) is 0 Å². The molecule has 1 amide bonds. The van der Waals surface area contributed by atoms with E-state index in [1.165, 1.54) is 0 Å². The van der Waals surface area contributed by atoms with Gasteiger partial charge >= 0.3 is 5.97 Å². The molecule has 3 aromatic rings. The molecule has 0 atom stereocenters. The lowest BCUT2D eigenvalue weighted by Crippen LogP contribution is -2.45. The zero-order valence-electron chi connectivity index (χ0n) is 16.5. The summed E-state index contributed by atoms with van der Waals surface area (Å²) in [7, 11) is 0. The topological polar surface area (TPSA) is 87.1 Å². The molecule has 0 saturated carbocycles. The lowest BCUT2D eigenvalue weighted by Gasteiger charge is -2.39. The minimum Gasteiger partial charge on any atom is -0.482 e. The zero-order chi connectivity index (χ0) is 21.1. The maximum absolute atomic E-state index is 13.0. The van der Waals surface area contributed by atoms with Crippen molar-refractivity contribution in [1.82, 2.24) is 4.90 Å². The van der Waals surface area contributed by atoms with Crippen LogP contribution < -0.4 is 4.74 Å². The molecular formula is C24H23NO5. The van der Waals surface area contributed by atoms with Crippen LogP contribution in [0.2, 0.25) is 0 Å². The van der Waals surface area contributed by atoms with E-state index < -0.39 is 18.2 Å². The number of carboxylic acid groups (broad SMARTS) is 1. The SMILES string of the molecule is O=C(O)COc1ccccc1C1(O)CCN(C(=O)c2ccc3ccccc3c2)CC1. The second kappa shape index (κ2) is 8.16. The van der Waals surface area contributed by atoms with Crippen LogP contribution in [0.3, 0.4) is 0 Å². The number of carbonyl (C=O) groups excluding carboxylic acids is 1. The Kier molecular flexibility index (Phi) is 5.42. The fraction of sp³-hybridized carbons (Fsp3) is 0.250. The fourth-order valence-electron chi connectivity index (χ4n) is 3.97. The van der Waals surface area contributed by atoms with Crippen LogP contribution in [0.1, 0.15) is 28.8 Å². The van der Waals surface area contributed by atoms with Crippen LogP contribution in [0.5, 0.6) is 5.75 Å². The molecule has 0 aliphatic carbocycles. The lowest BCUT2D eigenvalue weighted by atomic mass is 9.83. The molecule has 1 heterocycles. The molecule has 3 aromatic carbocycles. The van der Waals surface area contributed by atoms with Gasteiger partial charge in [0.2, 0.25) is 0 Å². The number of fused-ring (bicyclic) bond motifs is 1. The Bertz CT molecular complexity index is 1090. The fourth-order valence-corrected chi connectivity index (χ4v) is 3.97. The van der Waals surface area contributed by atoms with Crippen LogP contribution in [-0.2, 0) is 10.4 Å². The molecule has 6 heteroatoms. The first-order chi connectivity index (χ1) is 14.5. The van der Waals surface area contributed by atoms with Gasteiger partial charge in [0.25, 0.3) is 5.91 Å². The number of likely N-dealkylation sites (tertiary alicyclic amines) is 1. The highest BCUT2D eigenvalue weighted by Crippen LogP contribution is 2.38. The number of piperidine rings is 1. The van der Waals surface area contributed by atoms with Crippen molar-refractivity contribution < 1.29 is 24.5 Å². The molecule has 154 valence electrons. The first kappa shape index (κ1) is 19.9. The van der Waals surface area contributed by atoms with Crippen molar-refractivity contribution in [3.8, 4) is 5.75 Å². The highest BCUT2D eigenvalue weighted by atomic mass is 16.5. The number of aliphatic carboxylic acids is 1. The van der Waals surface area contributed by atoms with E-state index in [1.54, 1.807) is 29.2 Å². The number of carboxylic acids is 1. The molecule has 6 nitrogen and oxygen atoms in total. The molecule has 1 aliphatic rings. The predicted octanol–water partition coefficient (Wildman–Crippen LogP) is 3.43. The summed E-state index contributed by atoms with van der Waals surface area (Å²) in [6.07, 6.45) is 0.694. The van der Waals surface area contributed by atoms with E-state index in [4.69, 9.17) is 9.84 Å². The van der Waals surface area contributed by atoms with Gasteiger partial charge < -0.3 is 19.8 Å². The Morgan fingerprint density at radius 3 is 2.33 bits per heavy atom. The van der Waals surface area contributed by atoms with E-state index in [2.05, 4.69) is 0 Å². The number of nitrogens with zero attached hydrogens (tertiary/aromatic N) is 1. The van der Waals surface area contributed by atoms with Crippen molar-refractivity contribution in [3.63, 3.8) is 0 Å². The number of carbonyl (C=O) groups is 2. The van der Waals surface area contributed by atoms with Crippen LogP contribution in [0.4, 0.5) is 0 Å². The van der Waals surface area contributed by atoms with Crippen LogP contribution in [0.25, 0.3) is 10.8 Å². The molecule has 1 saturated heterocycles. The molecule has 30 heavy (non-hydrogen) atoms. The Morgan fingerprint density at radius 2 is 1.60 bits per heavy atom. The van der Waals surface area contributed by atoms with Gasteiger partial charge in [-0.25, -0.2) is 4.79 Å². The molecular weight excluding hydrogens is 382 g/mol. The van der Waals surface area contributed by atoms with Gasteiger partial charge in [0.05, 0.1) is 5.60 Å². The van der Waals surface area contributed by atoms with Gasteiger partial charge in [0.1, 0.15) is 5.75 Å². The van der Waals surface area contributed by atoms with Gasteiger partial charge in [0.15, 0.2) is 6.61 Å². The molecule has 4 rings (SSSR count). The third-order valence-electron chi connectivity index (χ3n) is 5.61. The summed E-state index contributed by atoms with van der Waals surface area (Å²) in [5.41, 5.74) is 0.0170. The second-order valence-corrected chi connectivity index (χ2v) is 7.56. The minimum atomic E-state index is -1.17.